The van der Waals surface area contributed by atoms with Crippen molar-refractivity contribution >= 4 is 22.4 Å². The summed E-state index contributed by atoms with van der Waals surface area (Å²) < 4.78 is 37.4. The van der Waals surface area contributed by atoms with Crippen LogP contribution in [0.2, 0.25) is 0 Å². The van der Waals surface area contributed by atoms with Crippen molar-refractivity contribution in [2.75, 3.05) is 33.4 Å². The van der Waals surface area contributed by atoms with Crippen LogP contribution in [0.1, 0.15) is 19.3 Å². The van der Waals surface area contributed by atoms with E-state index in [1.165, 1.54) is 4.31 Å². The van der Waals surface area contributed by atoms with Crippen LogP contribution < -0.4 is 10.5 Å². The topological polar surface area (TPSA) is 81.9 Å². The molecule has 1 aromatic carbocycles. The monoisotopic (exact) mass is 364 g/mol. The number of rotatable bonds is 7. The van der Waals surface area contributed by atoms with Gasteiger partial charge in [0, 0.05) is 19.7 Å². The number of piperidine rings is 1. The summed E-state index contributed by atoms with van der Waals surface area (Å²) in [7, 11) is -1.88. The van der Waals surface area contributed by atoms with E-state index in [1.54, 1.807) is 31.4 Å². The lowest BCUT2D eigenvalue weighted by atomic mass is 10.1. The van der Waals surface area contributed by atoms with Crippen LogP contribution >= 0.6 is 12.4 Å². The van der Waals surface area contributed by atoms with Gasteiger partial charge in [-0.05, 0) is 50.1 Å². The number of nitrogens with zero attached hydrogens (tertiary/aromatic N) is 1. The summed E-state index contributed by atoms with van der Waals surface area (Å²) in [5.74, 6) is 0.644. The van der Waals surface area contributed by atoms with Crippen molar-refractivity contribution in [1.82, 2.24) is 4.31 Å². The van der Waals surface area contributed by atoms with Crippen LogP contribution in [0.3, 0.4) is 0 Å². The molecule has 0 spiro atoms. The van der Waals surface area contributed by atoms with Crippen molar-refractivity contribution in [2.45, 2.75) is 30.3 Å². The molecule has 6 nitrogen and oxygen atoms in total. The van der Waals surface area contributed by atoms with Gasteiger partial charge in [-0.2, -0.15) is 4.31 Å². The zero-order valence-corrected chi connectivity index (χ0v) is 14.9. The zero-order valence-electron chi connectivity index (χ0n) is 13.3. The van der Waals surface area contributed by atoms with Gasteiger partial charge in [-0.25, -0.2) is 8.42 Å². The van der Waals surface area contributed by atoms with E-state index >= 15 is 0 Å². The second-order valence-corrected chi connectivity index (χ2v) is 7.23. The molecule has 1 saturated heterocycles. The van der Waals surface area contributed by atoms with E-state index < -0.39 is 10.0 Å². The normalized spacial score (nSPS) is 16.8. The Bertz CT molecular complexity index is 557. The Labute approximate surface area is 144 Å². The Kier molecular flexibility index (Phi) is 8.28. The molecular weight excluding hydrogens is 340 g/mol. The highest BCUT2D eigenvalue weighted by Crippen LogP contribution is 2.23. The van der Waals surface area contributed by atoms with E-state index in [2.05, 4.69) is 0 Å². The zero-order chi connectivity index (χ0) is 16.0. The molecule has 1 aliphatic rings. The number of sulfonamides is 1. The van der Waals surface area contributed by atoms with Crippen molar-refractivity contribution in [2.24, 2.45) is 5.73 Å². The maximum atomic E-state index is 12.6. The summed E-state index contributed by atoms with van der Waals surface area (Å²) in [5, 5.41) is 0. The Hall–Kier alpha value is -0.860. The van der Waals surface area contributed by atoms with Crippen LogP contribution in [0.15, 0.2) is 29.2 Å². The highest BCUT2D eigenvalue weighted by Gasteiger charge is 2.29. The van der Waals surface area contributed by atoms with Gasteiger partial charge < -0.3 is 15.2 Å². The highest BCUT2D eigenvalue weighted by molar-refractivity contribution is 7.89. The quantitative estimate of drug-likeness (QED) is 0.744. The molecule has 132 valence electrons. The predicted molar refractivity (Wildman–Crippen MR) is 91.6 cm³/mol. The fraction of sp³-hybridized carbons (Fsp3) is 0.600. The molecule has 23 heavy (non-hydrogen) atoms. The molecule has 0 saturated carbocycles. The minimum Gasteiger partial charge on any atom is -0.497 e. The van der Waals surface area contributed by atoms with Crippen molar-refractivity contribution < 1.29 is 17.9 Å². The Morgan fingerprint density at radius 2 is 1.83 bits per heavy atom. The predicted octanol–water partition coefficient (Wildman–Crippen LogP) is 1.64. The Morgan fingerprint density at radius 1 is 1.22 bits per heavy atom. The second kappa shape index (κ2) is 9.44. The number of halogens is 1. The summed E-state index contributed by atoms with van der Waals surface area (Å²) in [4.78, 5) is 0.302. The molecule has 1 aliphatic heterocycles. The van der Waals surface area contributed by atoms with Crippen molar-refractivity contribution in [3.63, 3.8) is 0 Å². The van der Waals surface area contributed by atoms with Gasteiger partial charge in [0.15, 0.2) is 0 Å². The molecule has 0 atom stereocenters. The van der Waals surface area contributed by atoms with E-state index in [4.69, 9.17) is 15.2 Å². The Balaban J connectivity index is 0.00000264. The first-order chi connectivity index (χ1) is 10.6. The Morgan fingerprint density at radius 3 is 2.35 bits per heavy atom. The molecule has 1 heterocycles. The van der Waals surface area contributed by atoms with E-state index in [0.29, 0.717) is 36.9 Å². The van der Waals surface area contributed by atoms with Crippen molar-refractivity contribution in [3.8, 4) is 5.75 Å². The summed E-state index contributed by atoms with van der Waals surface area (Å²) >= 11 is 0. The largest absolute Gasteiger partial charge is 0.497 e. The number of ether oxygens (including phenoxy) is 2. The smallest absolute Gasteiger partial charge is 0.243 e. The van der Waals surface area contributed by atoms with Gasteiger partial charge in [-0.3, -0.25) is 0 Å². The molecule has 2 N–H and O–H groups in total. The molecule has 2 rings (SSSR count). The molecule has 0 unspecified atom stereocenters. The molecule has 0 aliphatic carbocycles. The van der Waals surface area contributed by atoms with Crippen LogP contribution in [-0.4, -0.2) is 52.2 Å². The van der Waals surface area contributed by atoms with E-state index in [0.717, 1.165) is 19.3 Å². The number of hydrogen-bond donors (Lipinski definition) is 1. The average Bonchev–Trinajstić information content (AvgIpc) is 2.55. The lowest BCUT2D eigenvalue weighted by molar-refractivity contribution is 0.0209. The van der Waals surface area contributed by atoms with E-state index in [-0.39, 0.29) is 18.5 Å². The third kappa shape index (κ3) is 5.32. The lowest BCUT2D eigenvalue weighted by Gasteiger charge is -2.31. The molecule has 1 aromatic rings. The maximum absolute atomic E-state index is 12.6. The van der Waals surface area contributed by atoms with Gasteiger partial charge in [-0.15, -0.1) is 12.4 Å². The van der Waals surface area contributed by atoms with Crippen LogP contribution in [0.5, 0.6) is 5.75 Å². The first kappa shape index (κ1) is 20.2. The molecule has 0 bridgehead atoms. The van der Waals surface area contributed by atoms with Gasteiger partial charge >= 0.3 is 0 Å². The molecule has 0 amide bonds. The molecule has 1 fully saturated rings. The summed E-state index contributed by atoms with van der Waals surface area (Å²) in [6.45, 7) is 2.24. The van der Waals surface area contributed by atoms with E-state index in [9.17, 15) is 8.42 Å². The first-order valence-electron chi connectivity index (χ1n) is 7.54. The standard InChI is InChI=1S/C15H24N2O4S.ClH/c1-20-13-3-5-15(6-4-13)22(18,19)17-10-7-14(8-11-17)21-12-2-9-16;/h3-6,14H,2,7-12,16H2,1H3;1H. The van der Waals surface area contributed by atoms with E-state index in [1.807, 2.05) is 0 Å². The molecule has 0 aromatic heterocycles. The third-order valence-electron chi connectivity index (χ3n) is 3.80. The maximum Gasteiger partial charge on any atom is 0.243 e. The molecule has 0 radical (unpaired) electrons. The van der Waals surface area contributed by atoms with Gasteiger partial charge in [0.05, 0.1) is 18.1 Å². The van der Waals surface area contributed by atoms with Crippen molar-refractivity contribution in [1.29, 1.82) is 0 Å². The fourth-order valence-corrected chi connectivity index (χ4v) is 3.94. The SMILES string of the molecule is COc1ccc(S(=O)(=O)N2CCC(OCCCN)CC2)cc1.Cl. The molecule has 8 heteroatoms. The first-order valence-corrected chi connectivity index (χ1v) is 8.98. The number of nitrogens with two attached hydrogens (primary N) is 1. The number of methoxy groups -OCH3 is 1. The minimum atomic E-state index is -3.43. The van der Waals surface area contributed by atoms with Gasteiger partial charge in [0.25, 0.3) is 0 Å². The van der Waals surface area contributed by atoms with Crippen LogP contribution in [0.4, 0.5) is 0 Å². The second-order valence-electron chi connectivity index (χ2n) is 5.29. The highest BCUT2D eigenvalue weighted by atomic mass is 35.5. The van der Waals surface area contributed by atoms with Gasteiger partial charge in [0.2, 0.25) is 10.0 Å². The van der Waals surface area contributed by atoms with Crippen LogP contribution in [0, 0.1) is 0 Å². The molecular formula is C15H25ClN2O4S. The number of benzene rings is 1. The van der Waals surface area contributed by atoms with Crippen molar-refractivity contribution in [3.05, 3.63) is 24.3 Å². The number of hydrogen-bond acceptors (Lipinski definition) is 5. The fourth-order valence-electron chi connectivity index (χ4n) is 2.47. The summed E-state index contributed by atoms with van der Waals surface area (Å²) in [6.07, 6.45) is 2.42. The lowest BCUT2D eigenvalue weighted by Crippen LogP contribution is -2.40. The van der Waals surface area contributed by atoms with Crippen LogP contribution in [-0.2, 0) is 14.8 Å². The summed E-state index contributed by atoms with van der Waals surface area (Å²) in [6, 6.07) is 6.49. The average molecular weight is 365 g/mol. The minimum absolute atomic E-state index is 0. The summed E-state index contributed by atoms with van der Waals surface area (Å²) in [5.41, 5.74) is 5.43. The van der Waals surface area contributed by atoms with Crippen LogP contribution in [0.25, 0.3) is 0 Å². The van der Waals surface area contributed by atoms with Gasteiger partial charge in [-0.1, -0.05) is 0 Å². The van der Waals surface area contributed by atoms with Gasteiger partial charge in [0.1, 0.15) is 5.75 Å². The third-order valence-corrected chi connectivity index (χ3v) is 5.71.